The molecular weight excluding hydrogens is 172 g/mol. The summed E-state index contributed by atoms with van der Waals surface area (Å²) in [5.74, 6) is 0. The first-order valence-corrected chi connectivity index (χ1v) is 2.81. The van der Waals surface area contributed by atoms with Crippen molar-refractivity contribution < 1.29 is 9.73 Å². The summed E-state index contributed by atoms with van der Waals surface area (Å²) in [6, 6.07) is 0. The van der Waals surface area contributed by atoms with Gasteiger partial charge in [0, 0.05) is 17.4 Å². The zero-order valence-electron chi connectivity index (χ0n) is 5.12. The summed E-state index contributed by atoms with van der Waals surface area (Å²) < 4.78 is -1.24. The van der Waals surface area contributed by atoms with Crippen LogP contribution in [0.3, 0.4) is 0 Å². The number of thiocarbonyl (C=S) groups is 1. The second-order valence-corrected chi connectivity index (χ2v) is 2.05. The van der Waals surface area contributed by atoms with Crippen LogP contribution in [0.4, 0.5) is 0 Å². The molecule has 0 aromatic carbocycles. The van der Waals surface area contributed by atoms with E-state index in [-0.39, 0.29) is 0 Å². The van der Waals surface area contributed by atoms with Crippen molar-refractivity contribution in [3.05, 3.63) is 10.1 Å². The average molecular weight is 175 g/mol. The van der Waals surface area contributed by atoms with Crippen LogP contribution in [0.2, 0.25) is 0 Å². The fraction of sp³-hybridized carbons (Fsp3) is 0. The molecule has 11 heavy (non-hydrogen) atoms. The third kappa shape index (κ3) is 0.951. The van der Waals surface area contributed by atoms with Crippen molar-refractivity contribution in [3.63, 3.8) is 0 Å². The van der Waals surface area contributed by atoms with Gasteiger partial charge < -0.3 is 5.73 Å². The lowest BCUT2D eigenvalue weighted by molar-refractivity contribution is -1.22. The number of rotatable bonds is 1. The minimum Gasteiger partial charge on any atom is -0.337 e. The predicted octanol–water partition coefficient (Wildman–Crippen LogP) is -0.437. The summed E-state index contributed by atoms with van der Waals surface area (Å²) in [6.45, 7) is 0. The molecule has 0 saturated carbocycles. The summed E-state index contributed by atoms with van der Waals surface area (Å²) in [6.07, 6.45) is 0.836. The maximum Gasteiger partial charge on any atom is 0.368 e. The summed E-state index contributed by atoms with van der Waals surface area (Å²) in [4.78, 5) is 10.3. The molecule has 0 aromatic heterocycles. The van der Waals surface area contributed by atoms with E-state index in [0.717, 1.165) is 6.34 Å². The minimum atomic E-state index is -1.24. The number of nitro groups is 1. The first-order chi connectivity index (χ1) is 5.09. The van der Waals surface area contributed by atoms with Crippen LogP contribution in [0, 0.1) is 10.1 Å². The highest BCUT2D eigenvalue weighted by molar-refractivity contribution is 7.79. The first-order valence-electron chi connectivity index (χ1n) is 2.40. The Labute approximate surface area is 65.7 Å². The summed E-state index contributed by atoms with van der Waals surface area (Å²) in [5, 5.41) is 18.5. The molecule has 1 heterocycles. The number of hydrogen-bond donors (Lipinski definition) is 1. The second-order valence-electron chi connectivity index (χ2n) is 1.64. The number of nitrogens with zero attached hydrogens (tertiary/aromatic N) is 5. The van der Waals surface area contributed by atoms with Gasteiger partial charge in [-0.1, -0.05) is 5.10 Å². The van der Waals surface area contributed by atoms with Crippen molar-refractivity contribution >= 4 is 23.7 Å². The Hall–Kier alpha value is -1.48. The van der Waals surface area contributed by atoms with Crippen LogP contribution in [0.15, 0.2) is 15.5 Å². The number of nitrogens with two attached hydrogens (primary N) is 1. The Morgan fingerprint density at radius 2 is 2.45 bits per heavy atom. The lowest BCUT2D eigenvalue weighted by Gasteiger charge is -2.05. The molecule has 1 unspecified atom stereocenters. The van der Waals surface area contributed by atoms with Crippen LogP contribution in [-0.2, 0) is 0 Å². The molecular formula is C2H3N6O2S+. The van der Waals surface area contributed by atoms with Crippen molar-refractivity contribution in [2.45, 2.75) is 0 Å². The van der Waals surface area contributed by atoms with Gasteiger partial charge >= 0.3 is 11.5 Å². The van der Waals surface area contributed by atoms with E-state index in [4.69, 9.17) is 5.73 Å². The van der Waals surface area contributed by atoms with Gasteiger partial charge in [-0.15, -0.1) is 0 Å². The normalized spacial score (nSPS) is 27.3. The van der Waals surface area contributed by atoms with E-state index in [1.807, 2.05) is 0 Å². The quantitative estimate of drug-likeness (QED) is 0.252. The van der Waals surface area contributed by atoms with Gasteiger partial charge in [0.05, 0.1) is 0 Å². The Balaban J connectivity index is 3.09. The number of hydrogen-bond acceptors (Lipinski definition) is 6. The van der Waals surface area contributed by atoms with Crippen LogP contribution in [0.1, 0.15) is 0 Å². The van der Waals surface area contributed by atoms with E-state index in [2.05, 4.69) is 27.8 Å². The molecule has 0 radical (unpaired) electrons. The van der Waals surface area contributed by atoms with E-state index < -0.39 is 14.8 Å². The molecule has 0 spiro atoms. The maximum absolute atomic E-state index is 10.3. The molecule has 58 valence electrons. The van der Waals surface area contributed by atoms with E-state index in [0.29, 0.717) is 0 Å². The summed E-state index contributed by atoms with van der Waals surface area (Å²) in [7, 11) is 0. The smallest absolute Gasteiger partial charge is 0.337 e. The SMILES string of the molecule is NC(=S)[N+]1([N+](=O)[O-])C=NN=N1. The van der Waals surface area contributed by atoms with Crippen LogP contribution in [0.5, 0.6) is 0 Å². The van der Waals surface area contributed by atoms with Crippen LogP contribution < -0.4 is 5.73 Å². The molecule has 0 aromatic rings. The molecule has 0 fully saturated rings. The topological polar surface area (TPSA) is 106 Å². The predicted molar refractivity (Wildman–Crippen MR) is 37.4 cm³/mol. The fourth-order valence-corrected chi connectivity index (χ4v) is 0.609. The number of quaternary nitrogens is 1. The zero-order valence-corrected chi connectivity index (χ0v) is 5.93. The second kappa shape index (κ2) is 2.29. The summed E-state index contributed by atoms with van der Waals surface area (Å²) in [5.41, 5.74) is 5.05. The highest BCUT2D eigenvalue weighted by Gasteiger charge is 2.49. The van der Waals surface area contributed by atoms with Gasteiger partial charge in [-0.05, 0) is 0 Å². The van der Waals surface area contributed by atoms with Crippen LogP contribution in [-0.4, -0.2) is 21.2 Å². The standard InChI is InChI=1S/C2H2N6O2S/c3-2(11)8(7(9)10)1-4-5-6-8/h1H,(H-,3,11)/p+1. The molecule has 0 saturated heterocycles. The van der Waals surface area contributed by atoms with Gasteiger partial charge in [0.25, 0.3) is 5.03 Å². The van der Waals surface area contributed by atoms with Crippen molar-refractivity contribution in [2.24, 2.45) is 21.3 Å². The Kier molecular flexibility index (Phi) is 1.58. The third-order valence-corrected chi connectivity index (χ3v) is 1.28. The molecule has 1 atom stereocenters. The Morgan fingerprint density at radius 3 is 2.64 bits per heavy atom. The van der Waals surface area contributed by atoms with Gasteiger partial charge in [-0.3, -0.25) is 0 Å². The lowest BCUT2D eigenvalue weighted by Crippen LogP contribution is -2.53. The van der Waals surface area contributed by atoms with Gasteiger partial charge in [-0.2, -0.15) is 0 Å². The molecule has 9 heteroatoms. The highest BCUT2D eigenvalue weighted by Crippen LogP contribution is 2.10. The van der Waals surface area contributed by atoms with Crippen molar-refractivity contribution in [2.75, 3.05) is 0 Å². The first kappa shape index (κ1) is 7.63. The molecule has 2 N–H and O–H groups in total. The Morgan fingerprint density at radius 1 is 1.82 bits per heavy atom. The largest absolute Gasteiger partial charge is 0.368 e. The van der Waals surface area contributed by atoms with E-state index in [1.54, 1.807) is 0 Å². The third-order valence-electron chi connectivity index (χ3n) is 1.01. The Bertz CT molecular complexity index is 242. The van der Waals surface area contributed by atoms with Crippen LogP contribution in [0.25, 0.3) is 0 Å². The van der Waals surface area contributed by atoms with E-state index >= 15 is 0 Å². The summed E-state index contributed by atoms with van der Waals surface area (Å²) >= 11 is 4.41. The molecule has 1 aliphatic rings. The van der Waals surface area contributed by atoms with Gasteiger partial charge in [0.1, 0.15) is 5.22 Å². The molecule has 0 aliphatic carbocycles. The van der Waals surface area contributed by atoms with E-state index in [9.17, 15) is 10.1 Å². The van der Waals surface area contributed by atoms with Crippen molar-refractivity contribution in [1.29, 1.82) is 0 Å². The molecule has 1 rings (SSSR count). The monoisotopic (exact) mass is 175 g/mol. The molecule has 0 amide bonds. The molecule has 1 aliphatic heterocycles. The van der Waals surface area contributed by atoms with Crippen LogP contribution >= 0.6 is 12.2 Å². The highest BCUT2D eigenvalue weighted by atomic mass is 32.1. The van der Waals surface area contributed by atoms with Gasteiger partial charge in [0.2, 0.25) is 0 Å². The van der Waals surface area contributed by atoms with Crippen molar-refractivity contribution in [1.82, 2.24) is 0 Å². The zero-order chi connectivity index (χ0) is 8.48. The van der Waals surface area contributed by atoms with E-state index in [1.165, 1.54) is 0 Å². The van der Waals surface area contributed by atoms with Gasteiger partial charge in [-0.25, -0.2) is 10.1 Å². The van der Waals surface area contributed by atoms with Gasteiger partial charge in [0.15, 0.2) is 4.70 Å². The minimum absolute atomic E-state index is 0.431. The fourth-order valence-electron chi connectivity index (χ4n) is 0.459. The average Bonchev–Trinajstić information content (AvgIpc) is 2.34. The maximum atomic E-state index is 10.3. The lowest BCUT2D eigenvalue weighted by atomic mass is 10.9. The molecule has 8 nitrogen and oxygen atoms in total. The molecule has 0 bridgehead atoms. The van der Waals surface area contributed by atoms with Crippen molar-refractivity contribution in [3.8, 4) is 0 Å².